The number of aliphatic hydroxyl groups excluding tert-OH is 3. The van der Waals surface area contributed by atoms with E-state index in [0.717, 1.165) is 162 Å². The Morgan fingerprint density at radius 2 is 0.747 bits per heavy atom. The Kier molecular flexibility index (Phi) is 23.9. The van der Waals surface area contributed by atoms with Gasteiger partial charge in [-0.2, -0.15) is 15.3 Å². The van der Waals surface area contributed by atoms with Crippen molar-refractivity contribution in [1.29, 1.82) is 0 Å². The third-order valence-electron chi connectivity index (χ3n) is 17.6. The fourth-order valence-corrected chi connectivity index (χ4v) is 13.7. The molecular weight excluding hydrogens is 1210 g/mol. The maximum atomic E-state index is 13.0. The van der Waals surface area contributed by atoms with Crippen LogP contribution in [-0.4, -0.2) is 89.5 Å². The Morgan fingerprint density at radius 1 is 0.418 bits per heavy atom. The fraction of sp³-hybridized carbons (Fsp3) is 0.342. The number of hydrogen-bond acceptors (Lipinski definition) is 9. The molecule has 3 amide bonds. The van der Waals surface area contributed by atoms with E-state index >= 15 is 0 Å². The van der Waals surface area contributed by atoms with Crippen LogP contribution >= 0.6 is 34.8 Å². The van der Waals surface area contributed by atoms with E-state index < -0.39 is 12.1 Å². The van der Waals surface area contributed by atoms with Gasteiger partial charge in [-0.1, -0.05) is 181 Å². The van der Waals surface area contributed by atoms with Gasteiger partial charge in [-0.3, -0.25) is 29.7 Å². The highest BCUT2D eigenvalue weighted by Crippen LogP contribution is 2.37. The van der Waals surface area contributed by atoms with E-state index in [4.69, 9.17) is 34.8 Å². The number of H-pyrrole nitrogens is 3. The molecular formula is C73H80Cl3N9O6. The third kappa shape index (κ3) is 17.8. The molecule has 0 bridgehead atoms. The molecule has 3 heterocycles. The van der Waals surface area contributed by atoms with Gasteiger partial charge in [0.15, 0.2) is 17.1 Å². The summed E-state index contributed by atoms with van der Waals surface area (Å²) in [6.45, 7) is -0.454. The summed E-state index contributed by atoms with van der Waals surface area (Å²) in [6.07, 6.45) is 15.2. The molecule has 12 rings (SSSR count). The maximum absolute atomic E-state index is 13.0. The molecule has 4 unspecified atom stereocenters. The van der Waals surface area contributed by atoms with Crippen LogP contribution in [0.15, 0.2) is 164 Å². The van der Waals surface area contributed by atoms with E-state index in [1.54, 1.807) is 0 Å². The lowest BCUT2D eigenvalue weighted by molar-refractivity contribution is 0.0903. The van der Waals surface area contributed by atoms with Crippen molar-refractivity contribution < 1.29 is 29.7 Å². The first-order chi connectivity index (χ1) is 44.4. The van der Waals surface area contributed by atoms with Gasteiger partial charge in [-0.15, -0.1) is 0 Å². The number of halogens is 3. The summed E-state index contributed by atoms with van der Waals surface area (Å²) in [4.78, 5) is 39.1. The van der Waals surface area contributed by atoms with Crippen molar-refractivity contribution in [3.63, 3.8) is 0 Å². The van der Waals surface area contributed by atoms with Crippen LogP contribution in [0.4, 0.5) is 0 Å². The topological polar surface area (TPSA) is 234 Å². The van der Waals surface area contributed by atoms with Crippen LogP contribution in [0.2, 0.25) is 15.1 Å². The van der Waals surface area contributed by atoms with Crippen molar-refractivity contribution in [1.82, 2.24) is 46.5 Å². The molecule has 6 atom stereocenters. The summed E-state index contributed by atoms with van der Waals surface area (Å²) in [6, 6.07) is 51.4. The van der Waals surface area contributed by atoms with Gasteiger partial charge in [-0.05, 0) is 153 Å². The first kappa shape index (κ1) is 66.0. The smallest absolute Gasteiger partial charge is 0.272 e. The molecule has 3 aromatic heterocycles. The first-order valence-electron chi connectivity index (χ1n) is 31.8. The summed E-state index contributed by atoms with van der Waals surface area (Å²) >= 11 is 18.5. The minimum absolute atomic E-state index is 0.120. The van der Waals surface area contributed by atoms with Crippen LogP contribution in [0.5, 0.6) is 0 Å². The van der Waals surface area contributed by atoms with Crippen molar-refractivity contribution in [2.24, 2.45) is 0 Å². The number of fused-ring (bicyclic) bond motifs is 3. The van der Waals surface area contributed by atoms with Crippen molar-refractivity contribution in [3.05, 3.63) is 263 Å². The van der Waals surface area contributed by atoms with Crippen molar-refractivity contribution in [2.45, 2.75) is 139 Å². The number of aliphatic hydroxyl groups is 3. The Balaban J connectivity index is 0.000000150. The summed E-state index contributed by atoms with van der Waals surface area (Å²) < 4.78 is 0. The van der Waals surface area contributed by atoms with Crippen molar-refractivity contribution in [3.8, 4) is 0 Å². The lowest BCUT2D eigenvalue weighted by Crippen LogP contribution is -2.39. The molecule has 18 heteroatoms. The number of aromatic nitrogens is 6. The van der Waals surface area contributed by atoms with Crippen LogP contribution < -0.4 is 16.0 Å². The number of aromatic amines is 3. The van der Waals surface area contributed by atoms with Crippen molar-refractivity contribution >= 4 is 52.5 Å². The predicted octanol–water partition coefficient (Wildman–Crippen LogP) is 13.6. The zero-order chi connectivity index (χ0) is 63.5. The number of carbonyl (C=O) groups is 3. The molecule has 0 fully saturated rings. The Hall–Kier alpha value is -7.89. The molecule has 0 aliphatic heterocycles. The highest BCUT2D eigenvalue weighted by molar-refractivity contribution is 6.31. The van der Waals surface area contributed by atoms with E-state index in [9.17, 15) is 29.7 Å². The average Bonchev–Trinajstić information content (AvgIpc) is 1.75. The number of nitrogens with zero attached hydrogens (tertiary/aromatic N) is 3. The molecule has 3 aliphatic carbocycles. The SMILES string of the molecule is O=C(NC(CO)c1ccccc1)c1n[nH]c2c1CCCCC2Cc1cccc(Cl)c1.O=C(N[C@H](CO)Cc1ccccc1)c1n[nH]c2c1CCCCC2Cc1cccc(Cl)c1.O=C(N[C@H](CO)c1ccccc1)c1n[nH]c2c1CCCCC2Cc1cccc(Cl)c1. The van der Waals surface area contributed by atoms with Gasteiger partial charge >= 0.3 is 0 Å². The van der Waals surface area contributed by atoms with E-state index in [1.165, 1.54) is 16.7 Å². The second kappa shape index (κ2) is 32.9. The van der Waals surface area contributed by atoms with Crippen LogP contribution in [-0.2, 0) is 44.9 Å². The monoisotopic (exact) mass is 1280 g/mol. The van der Waals surface area contributed by atoms with Gasteiger partial charge < -0.3 is 31.3 Å². The summed E-state index contributed by atoms with van der Waals surface area (Å²) in [5.74, 6) is 0.104. The summed E-state index contributed by atoms with van der Waals surface area (Å²) in [5, 5.41) is 63.1. The second-order valence-electron chi connectivity index (χ2n) is 24.0. The van der Waals surface area contributed by atoms with Crippen LogP contribution in [0.1, 0.15) is 186 Å². The van der Waals surface area contributed by atoms with Gasteiger partial charge in [0.1, 0.15) is 0 Å². The fourth-order valence-electron chi connectivity index (χ4n) is 13.0. The van der Waals surface area contributed by atoms with E-state index in [-0.39, 0.29) is 61.3 Å². The predicted molar refractivity (Wildman–Crippen MR) is 358 cm³/mol. The second-order valence-corrected chi connectivity index (χ2v) is 25.3. The molecule has 9 aromatic rings. The number of hydrogen-bond donors (Lipinski definition) is 9. The molecule has 3 aliphatic rings. The Bertz CT molecular complexity index is 3640. The quantitative estimate of drug-likeness (QED) is 0.0350. The number of rotatable bonds is 19. The van der Waals surface area contributed by atoms with E-state index in [2.05, 4.69) is 64.7 Å². The van der Waals surface area contributed by atoms with Gasteiger partial charge in [0.25, 0.3) is 17.7 Å². The number of amides is 3. The zero-order valence-electron chi connectivity index (χ0n) is 51.0. The molecule has 0 saturated carbocycles. The molecule has 91 heavy (non-hydrogen) atoms. The van der Waals surface area contributed by atoms with E-state index in [1.807, 2.05) is 146 Å². The van der Waals surface area contributed by atoms with Crippen molar-refractivity contribution in [2.75, 3.05) is 19.8 Å². The van der Waals surface area contributed by atoms with Crippen LogP contribution in [0.3, 0.4) is 0 Å². The molecule has 0 radical (unpaired) electrons. The zero-order valence-corrected chi connectivity index (χ0v) is 53.3. The highest BCUT2D eigenvalue weighted by Gasteiger charge is 2.32. The lowest BCUT2D eigenvalue weighted by Gasteiger charge is -2.17. The minimum Gasteiger partial charge on any atom is -0.394 e. The number of nitrogens with one attached hydrogen (secondary N) is 6. The van der Waals surface area contributed by atoms with E-state index in [0.29, 0.717) is 23.5 Å². The molecule has 9 N–H and O–H groups in total. The van der Waals surface area contributed by atoms with Gasteiger partial charge in [0.2, 0.25) is 0 Å². The molecule has 0 spiro atoms. The summed E-state index contributed by atoms with van der Waals surface area (Å²) in [5.41, 5.74) is 13.9. The standard InChI is InChI=1S/C25H28ClN3O2.2C24H26ClN3O2/c26-20-11-6-9-18(14-20)13-19-10-4-5-12-22-23(19)28-29-24(22)25(31)27-21(16-30)15-17-7-2-1-3-8-17;2*25-19-11-6-7-16(14-19)13-18-10-4-5-12-20-22(18)27-28-23(20)24(30)26-21(15-29)17-8-2-1-3-9-17/h1-3,6-9,11,14,19,21,30H,4-5,10,12-13,15-16H2,(H,27,31)(H,28,29);2*1-3,6-9,11,14,18,21,29H,4-5,10,12-13,15H2,(H,26,30)(H,27,28)/t19?,21-;18?,21-;/m01./s1. The molecule has 474 valence electrons. The van der Waals surface area contributed by atoms with Crippen LogP contribution in [0.25, 0.3) is 0 Å². The largest absolute Gasteiger partial charge is 0.394 e. The summed E-state index contributed by atoms with van der Waals surface area (Å²) in [7, 11) is 0. The number of benzene rings is 6. The normalized spacial score (nSPS) is 17.0. The molecule has 0 saturated heterocycles. The Labute approximate surface area is 547 Å². The van der Waals surface area contributed by atoms with Gasteiger partial charge in [0, 0.05) is 66.6 Å². The molecule has 6 aromatic carbocycles. The van der Waals surface area contributed by atoms with Gasteiger partial charge in [-0.25, -0.2) is 0 Å². The number of carbonyl (C=O) groups excluding carboxylic acids is 3. The maximum Gasteiger partial charge on any atom is 0.272 e. The average molecular weight is 1290 g/mol. The lowest BCUT2D eigenvalue weighted by atomic mass is 9.91. The van der Waals surface area contributed by atoms with Gasteiger partial charge in [0.05, 0.1) is 37.9 Å². The van der Waals surface area contributed by atoms with Crippen LogP contribution in [0, 0.1) is 0 Å². The highest BCUT2D eigenvalue weighted by atomic mass is 35.5. The third-order valence-corrected chi connectivity index (χ3v) is 18.3. The molecule has 15 nitrogen and oxygen atoms in total. The Morgan fingerprint density at radius 3 is 1.08 bits per heavy atom. The minimum atomic E-state index is -0.459. The first-order valence-corrected chi connectivity index (χ1v) is 32.9.